The van der Waals surface area contributed by atoms with Crippen LogP contribution in [0.3, 0.4) is 0 Å². The molecule has 0 aliphatic carbocycles. The van der Waals surface area contributed by atoms with E-state index in [1.807, 2.05) is 57.2 Å². The first-order chi connectivity index (χ1) is 9.76. The van der Waals surface area contributed by atoms with Crippen LogP contribution >= 0.6 is 0 Å². The minimum absolute atomic E-state index is 0.286. The number of rotatable bonds is 2. The second-order valence-electron chi connectivity index (χ2n) is 5.26. The van der Waals surface area contributed by atoms with E-state index in [4.69, 9.17) is 0 Å². The van der Waals surface area contributed by atoms with E-state index in [-0.39, 0.29) is 6.08 Å². The molecular formula is C18H17F3. The Morgan fingerprint density at radius 1 is 0.810 bits per heavy atom. The van der Waals surface area contributed by atoms with Crippen molar-refractivity contribution >= 4 is 6.08 Å². The molecule has 2 aromatic carbocycles. The fourth-order valence-electron chi connectivity index (χ4n) is 2.33. The van der Waals surface area contributed by atoms with E-state index in [0.717, 1.165) is 28.3 Å². The van der Waals surface area contributed by atoms with E-state index in [9.17, 15) is 13.2 Å². The van der Waals surface area contributed by atoms with Crippen molar-refractivity contribution in [1.29, 1.82) is 0 Å². The number of benzene rings is 2. The summed E-state index contributed by atoms with van der Waals surface area (Å²) in [5, 5.41) is 0. The fourth-order valence-corrected chi connectivity index (χ4v) is 2.33. The number of alkyl halides is 3. The van der Waals surface area contributed by atoms with Crippen molar-refractivity contribution in [3.63, 3.8) is 0 Å². The Bertz CT molecular complexity index is 639. The molecule has 0 N–H and O–H groups in total. The number of halogens is 3. The maximum atomic E-state index is 12.3. The minimum Gasteiger partial charge on any atom is -0.167 e. The van der Waals surface area contributed by atoms with E-state index in [0.29, 0.717) is 5.56 Å². The number of hydrogen-bond donors (Lipinski definition) is 0. The predicted octanol–water partition coefficient (Wildman–Crippen LogP) is 5.85. The van der Waals surface area contributed by atoms with Crippen molar-refractivity contribution in [2.75, 3.05) is 0 Å². The second kappa shape index (κ2) is 5.76. The lowest BCUT2D eigenvalue weighted by Gasteiger charge is -2.11. The second-order valence-corrected chi connectivity index (χ2v) is 5.26. The lowest BCUT2D eigenvalue weighted by Crippen LogP contribution is -2.01. The standard InChI is InChI=1S/C18H17F3/c1-12-4-6-15(7-5-12)16-10-13(2)17(14(3)11-16)8-9-18(19,20)21/h4-11H,1-3H3/b9-8+. The van der Waals surface area contributed by atoms with E-state index < -0.39 is 6.18 Å². The van der Waals surface area contributed by atoms with Crippen molar-refractivity contribution in [2.24, 2.45) is 0 Å². The third kappa shape index (κ3) is 3.97. The molecule has 21 heavy (non-hydrogen) atoms. The van der Waals surface area contributed by atoms with Crippen LogP contribution in [0.2, 0.25) is 0 Å². The van der Waals surface area contributed by atoms with Crippen molar-refractivity contribution in [3.05, 3.63) is 64.7 Å². The summed E-state index contributed by atoms with van der Waals surface area (Å²) in [6.07, 6.45) is -2.86. The molecule has 0 aliphatic rings. The van der Waals surface area contributed by atoms with E-state index in [2.05, 4.69) is 0 Å². The summed E-state index contributed by atoms with van der Waals surface area (Å²) in [6.45, 7) is 5.69. The molecular weight excluding hydrogens is 273 g/mol. The van der Waals surface area contributed by atoms with Gasteiger partial charge in [-0.05, 0) is 54.7 Å². The molecule has 2 aromatic rings. The molecule has 0 aliphatic heterocycles. The molecule has 0 spiro atoms. The Labute approximate surface area is 122 Å². The molecule has 2 rings (SSSR count). The van der Waals surface area contributed by atoms with Crippen LogP contribution in [0.4, 0.5) is 13.2 Å². The first-order valence-corrected chi connectivity index (χ1v) is 6.70. The maximum Gasteiger partial charge on any atom is 0.409 e. The third-order valence-corrected chi connectivity index (χ3v) is 3.42. The van der Waals surface area contributed by atoms with Crippen LogP contribution < -0.4 is 0 Å². The van der Waals surface area contributed by atoms with Gasteiger partial charge in [0.15, 0.2) is 0 Å². The number of aryl methyl sites for hydroxylation is 3. The van der Waals surface area contributed by atoms with Crippen LogP contribution in [0.15, 0.2) is 42.5 Å². The number of allylic oxidation sites excluding steroid dienone is 1. The Balaban J connectivity index is 2.42. The fraction of sp³-hybridized carbons (Fsp3) is 0.222. The summed E-state index contributed by atoms with van der Waals surface area (Å²) in [5.74, 6) is 0. The SMILES string of the molecule is Cc1ccc(-c2cc(C)c(/C=C/C(F)(F)F)c(C)c2)cc1. The first kappa shape index (κ1) is 15.4. The molecule has 0 amide bonds. The van der Waals surface area contributed by atoms with Gasteiger partial charge in [0.25, 0.3) is 0 Å². The molecule has 3 heteroatoms. The highest BCUT2D eigenvalue weighted by atomic mass is 19.4. The van der Waals surface area contributed by atoms with Gasteiger partial charge in [-0.1, -0.05) is 42.0 Å². The summed E-state index contributed by atoms with van der Waals surface area (Å²) >= 11 is 0. The van der Waals surface area contributed by atoms with Gasteiger partial charge in [0, 0.05) is 6.08 Å². The molecule has 0 saturated carbocycles. The largest absolute Gasteiger partial charge is 0.409 e. The summed E-state index contributed by atoms with van der Waals surface area (Å²) in [4.78, 5) is 0. The molecule has 110 valence electrons. The predicted molar refractivity (Wildman–Crippen MR) is 81.2 cm³/mol. The van der Waals surface area contributed by atoms with Crippen LogP contribution in [0, 0.1) is 20.8 Å². The maximum absolute atomic E-state index is 12.3. The zero-order valence-electron chi connectivity index (χ0n) is 12.3. The third-order valence-electron chi connectivity index (χ3n) is 3.42. The number of hydrogen-bond acceptors (Lipinski definition) is 0. The summed E-state index contributed by atoms with van der Waals surface area (Å²) in [7, 11) is 0. The van der Waals surface area contributed by atoms with E-state index in [1.165, 1.54) is 5.56 Å². The lowest BCUT2D eigenvalue weighted by atomic mass is 9.95. The molecule has 0 radical (unpaired) electrons. The van der Waals surface area contributed by atoms with Gasteiger partial charge in [0.05, 0.1) is 0 Å². The average molecular weight is 290 g/mol. The molecule has 0 heterocycles. The normalized spacial score (nSPS) is 12.1. The Kier molecular flexibility index (Phi) is 4.21. The zero-order valence-corrected chi connectivity index (χ0v) is 12.3. The van der Waals surface area contributed by atoms with Gasteiger partial charge in [-0.15, -0.1) is 0 Å². The molecule has 0 saturated heterocycles. The lowest BCUT2D eigenvalue weighted by molar-refractivity contribution is -0.0790. The molecule has 0 fully saturated rings. The molecule has 0 unspecified atom stereocenters. The monoisotopic (exact) mass is 290 g/mol. The van der Waals surface area contributed by atoms with Crippen molar-refractivity contribution in [3.8, 4) is 11.1 Å². The highest BCUT2D eigenvalue weighted by Crippen LogP contribution is 2.27. The van der Waals surface area contributed by atoms with Crippen molar-refractivity contribution in [2.45, 2.75) is 26.9 Å². The van der Waals surface area contributed by atoms with Crippen molar-refractivity contribution in [1.82, 2.24) is 0 Å². The quantitative estimate of drug-likeness (QED) is 0.650. The molecule has 0 atom stereocenters. The smallest absolute Gasteiger partial charge is 0.167 e. The van der Waals surface area contributed by atoms with Gasteiger partial charge < -0.3 is 0 Å². The van der Waals surface area contributed by atoms with Crippen molar-refractivity contribution < 1.29 is 13.2 Å². The summed E-state index contributed by atoms with van der Waals surface area (Å²) in [5.41, 5.74) is 5.57. The Morgan fingerprint density at radius 2 is 1.33 bits per heavy atom. The van der Waals surface area contributed by atoms with Gasteiger partial charge in [0.1, 0.15) is 0 Å². The van der Waals surface area contributed by atoms with Crippen LogP contribution in [-0.2, 0) is 0 Å². The molecule has 0 bridgehead atoms. The Morgan fingerprint density at radius 3 is 1.81 bits per heavy atom. The van der Waals surface area contributed by atoms with Gasteiger partial charge in [-0.25, -0.2) is 0 Å². The topological polar surface area (TPSA) is 0 Å². The van der Waals surface area contributed by atoms with Gasteiger partial charge in [-0.2, -0.15) is 13.2 Å². The van der Waals surface area contributed by atoms with Gasteiger partial charge in [-0.3, -0.25) is 0 Å². The van der Waals surface area contributed by atoms with E-state index >= 15 is 0 Å². The van der Waals surface area contributed by atoms with Crippen LogP contribution in [0.1, 0.15) is 22.3 Å². The minimum atomic E-state index is -4.28. The summed E-state index contributed by atoms with van der Waals surface area (Å²) < 4.78 is 36.9. The molecule has 0 nitrogen and oxygen atoms in total. The van der Waals surface area contributed by atoms with Gasteiger partial charge in [0.2, 0.25) is 0 Å². The highest BCUT2D eigenvalue weighted by molar-refractivity contribution is 5.70. The van der Waals surface area contributed by atoms with Crippen LogP contribution in [0.25, 0.3) is 17.2 Å². The molecule has 0 aromatic heterocycles. The van der Waals surface area contributed by atoms with Gasteiger partial charge >= 0.3 is 6.18 Å². The van der Waals surface area contributed by atoms with E-state index in [1.54, 1.807) is 0 Å². The van der Waals surface area contributed by atoms with Crippen LogP contribution in [0.5, 0.6) is 0 Å². The summed E-state index contributed by atoms with van der Waals surface area (Å²) in [6, 6.07) is 11.9. The zero-order chi connectivity index (χ0) is 15.6. The Hall–Kier alpha value is -2.03. The average Bonchev–Trinajstić information content (AvgIpc) is 2.37. The highest BCUT2D eigenvalue weighted by Gasteiger charge is 2.22. The van der Waals surface area contributed by atoms with Crippen LogP contribution in [-0.4, -0.2) is 6.18 Å². The first-order valence-electron chi connectivity index (χ1n) is 6.70.